The molecule has 64 heavy (non-hydrogen) atoms. The van der Waals surface area contributed by atoms with Crippen molar-refractivity contribution in [2.45, 2.75) is 98.9 Å². The standard InChI is InChI=1S/C54H55BO9/c1-23-10-12-32(17-25(23)3)49-29(7)19-35-27(5)16-28(6)42(52(35)62-49)43-30(8)50(33-13-11-24(2)26(4)18-33)63-53-45(43)38(58)21-39(59)46(53)44-31(9)51(34-14-15-36(56)37(57)20-34)64-54-47(44)40(60)22-41(61)48(54)55/h10-18,20-22,29-31,43-44,49-51,56-61H,19H2,1-9H3. The van der Waals surface area contributed by atoms with Crippen LogP contribution in [0.2, 0.25) is 0 Å². The van der Waals surface area contributed by atoms with Crippen molar-refractivity contribution in [3.05, 3.63) is 151 Å². The van der Waals surface area contributed by atoms with Crippen molar-refractivity contribution in [2.24, 2.45) is 17.8 Å². The van der Waals surface area contributed by atoms with Gasteiger partial charge in [0, 0.05) is 64.0 Å². The number of fused-ring (bicyclic) bond motifs is 3. The molecule has 6 aromatic rings. The number of hydrogen-bond acceptors (Lipinski definition) is 9. The van der Waals surface area contributed by atoms with Gasteiger partial charge in [-0.05, 0) is 121 Å². The van der Waals surface area contributed by atoms with Gasteiger partial charge in [0.15, 0.2) is 11.5 Å². The van der Waals surface area contributed by atoms with Crippen molar-refractivity contribution in [3.8, 4) is 51.7 Å². The van der Waals surface area contributed by atoms with Crippen LogP contribution in [0.1, 0.15) is 129 Å². The number of aryl methyl sites for hydroxylation is 6. The smallest absolute Gasteiger partial charge is 0.157 e. The Hall–Kier alpha value is -6.42. The zero-order valence-corrected chi connectivity index (χ0v) is 37.7. The summed E-state index contributed by atoms with van der Waals surface area (Å²) >= 11 is 0. The SMILES string of the molecule is [B]c1c(O)cc(O)c2c1OC(c1ccc(O)c(O)c1)C(C)C2c1c(O)cc(O)c2c1OC(c1ccc(C)c(C)c1)C(C)C2c1c(C)cc(C)c2c1OC(c1ccc(C)c(C)c1)C(C)C2. The molecule has 8 unspecified atom stereocenters. The minimum Gasteiger partial charge on any atom is -0.508 e. The summed E-state index contributed by atoms with van der Waals surface area (Å²) in [4.78, 5) is 0. The van der Waals surface area contributed by atoms with Crippen molar-refractivity contribution in [3.63, 3.8) is 0 Å². The molecule has 328 valence electrons. The summed E-state index contributed by atoms with van der Waals surface area (Å²) < 4.78 is 21.1. The summed E-state index contributed by atoms with van der Waals surface area (Å²) in [5.74, 6) is -3.02. The Bertz CT molecular complexity index is 2880. The molecule has 3 aliphatic rings. The van der Waals surface area contributed by atoms with Crippen molar-refractivity contribution < 1.29 is 44.8 Å². The van der Waals surface area contributed by atoms with Gasteiger partial charge in [0.1, 0.15) is 66.4 Å². The Morgan fingerprint density at radius 1 is 0.422 bits per heavy atom. The lowest BCUT2D eigenvalue weighted by Gasteiger charge is -2.45. The lowest BCUT2D eigenvalue weighted by atomic mass is 9.68. The highest BCUT2D eigenvalue weighted by Crippen LogP contribution is 2.63. The van der Waals surface area contributed by atoms with Gasteiger partial charge in [0.05, 0.1) is 0 Å². The van der Waals surface area contributed by atoms with Crippen LogP contribution in [0.4, 0.5) is 0 Å². The van der Waals surface area contributed by atoms with E-state index in [2.05, 4.69) is 97.9 Å². The van der Waals surface area contributed by atoms with Crippen LogP contribution in [0, 0.1) is 59.3 Å². The van der Waals surface area contributed by atoms with Crippen LogP contribution in [-0.4, -0.2) is 38.5 Å². The first-order valence-corrected chi connectivity index (χ1v) is 22.1. The summed E-state index contributed by atoms with van der Waals surface area (Å²) in [6.07, 6.45) is -0.929. The summed E-state index contributed by atoms with van der Waals surface area (Å²) in [7, 11) is 6.54. The molecule has 10 heteroatoms. The minimum atomic E-state index is -0.921. The third-order valence-electron chi connectivity index (χ3n) is 14.6. The van der Waals surface area contributed by atoms with Crippen molar-refractivity contribution in [1.29, 1.82) is 0 Å². The van der Waals surface area contributed by atoms with Crippen molar-refractivity contribution >= 4 is 13.3 Å². The minimum absolute atomic E-state index is 0.00539. The second kappa shape index (κ2) is 15.7. The average Bonchev–Trinajstić information content (AvgIpc) is 3.24. The van der Waals surface area contributed by atoms with Gasteiger partial charge in [0.25, 0.3) is 0 Å². The van der Waals surface area contributed by atoms with Gasteiger partial charge < -0.3 is 44.8 Å². The lowest BCUT2D eigenvalue weighted by molar-refractivity contribution is 0.0912. The molecule has 0 aromatic heterocycles. The van der Waals surface area contributed by atoms with Crippen LogP contribution in [0.3, 0.4) is 0 Å². The molecule has 9 nitrogen and oxygen atoms in total. The Balaban J connectivity index is 1.32. The molecule has 0 fully saturated rings. The predicted molar refractivity (Wildman–Crippen MR) is 247 cm³/mol. The summed E-state index contributed by atoms with van der Waals surface area (Å²) in [5.41, 5.74) is 12.1. The fourth-order valence-electron chi connectivity index (χ4n) is 10.8. The Kier molecular flexibility index (Phi) is 10.5. The summed E-state index contributed by atoms with van der Waals surface area (Å²) in [5, 5.41) is 68.3. The van der Waals surface area contributed by atoms with Gasteiger partial charge in [-0.25, -0.2) is 0 Å². The van der Waals surface area contributed by atoms with E-state index >= 15 is 0 Å². The Morgan fingerprint density at radius 2 is 0.891 bits per heavy atom. The monoisotopic (exact) mass is 858 g/mol. The Labute approximate surface area is 376 Å². The molecule has 2 radical (unpaired) electrons. The van der Waals surface area contributed by atoms with E-state index in [1.54, 1.807) is 6.07 Å². The summed E-state index contributed by atoms with van der Waals surface area (Å²) in [6, 6.07) is 21.8. The maximum absolute atomic E-state index is 12.3. The maximum Gasteiger partial charge on any atom is 0.157 e. The van der Waals surface area contributed by atoms with E-state index in [9.17, 15) is 30.6 Å². The number of phenols is 6. The molecule has 6 N–H and O–H groups in total. The van der Waals surface area contributed by atoms with Gasteiger partial charge in [-0.1, -0.05) is 69.3 Å². The quantitative estimate of drug-likeness (QED) is 0.0736. The second-order valence-electron chi connectivity index (χ2n) is 18.8. The van der Waals surface area contributed by atoms with E-state index in [0.717, 1.165) is 62.7 Å². The molecule has 0 bridgehead atoms. The maximum atomic E-state index is 12.3. The first-order valence-electron chi connectivity index (χ1n) is 22.1. The first kappa shape index (κ1) is 42.9. The molecule has 0 spiro atoms. The van der Waals surface area contributed by atoms with Crippen molar-refractivity contribution in [1.82, 2.24) is 0 Å². The van der Waals surface area contributed by atoms with Gasteiger partial charge in [-0.2, -0.15) is 0 Å². The van der Waals surface area contributed by atoms with Crippen LogP contribution < -0.4 is 19.7 Å². The highest BCUT2D eigenvalue weighted by molar-refractivity contribution is 6.36. The second-order valence-corrected chi connectivity index (χ2v) is 18.8. The molecule has 0 saturated heterocycles. The lowest BCUT2D eigenvalue weighted by Crippen LogP contribution is -2.34. The fraction of sp³-hybridized carbons (Fsp3) is 0.333. The van der Waals surface area contributed by atoms with Crippen LogP contribution >= 0.6 is 0 Å². The van der Waals surface area contributed by atoms with E-state index in [4.69, 9.17) is 22.1 Å². The van der Waals surface area contributed by atoms with Gasteiger partial charge >= 0.3 is 0 Å². The number of phenolic OH excluding ortho intramolecular Hbond substituents is 6. The van der Waals surface area contributed by atoms with Gasteiger partial charge in [0.2, 0.25) is 0 Å². The molecule has 6 aromatic carbocycles. The van der Waals surface area contributed by atoms with Crippen LogP contribution in [0.25, 0.3) is 0 Å². The largest absolute Gasteiger partial charge is 0.508 e. The van der Waals surface area contributed by atoms with E-state index in [1.807, 2.05) is 6.92 Å². The van der Waals surface area contributed by atoms with Gasteiger partial charge in [-0.3, -0.25) is 0 Å². The molecule has 9 rings (SSSR count). The molecule has 3 heterocycles. The fourth-order valence-corrected chi connectivity index (χ4v) is 10.8. The third kappa shape index (κ3) is 6.75. The number of rotatable bonds is 5. The first-order chi connectivity index (χ1) is 30.4. The normalized spacial score (nSPS) is 23.5. The van der Waals surface area contributed by atoms with Gasteiger partial charge in [-0.15, -0.1) is 0 Å². The highest BCUT2D eigenvalue weighted by atomic mass is 16.5. The van der Waals surface area contributed by atoms with E-state index < -0.39 is 35.7 Å². The highest BCUT2D eigenvalue weighted by Gasteiger charge is 2.49. The average molecular weight is 859 g/mol. The number of ether oxygens (including phenoxy) is 3. The van der Waals surface area contributed by atoms with Crippen LogP contribution in [-0.2, 0) is 6.42 Å². The molecule has 8 atom stereocenters. The molecule has 3 aliphatic heterocycles. The van der Waals surface area contributed by atoms with E-state index in [1.165, 1.54) is 29.3 Å². The number of benzene rings is 6. The summed E-state index contributed by atoms with van der Waals surface area (Å²) in [6.45, 7) is 18.8. The molecule has 0 aliphatic carbocycles. The Morgan fingerprint density at radius 3 is 1.45 bits per heavy atom. The van der Waals surface area contributed by atoms with Crippen LogP contribution in [0.15, 0.2) is 72.8 Å². The molecular weight excluding hydrogens is 803 g/mol. The third-order valence-corrected chi connectivity index (χ3v) is 14.6. The molecule has 0 amide bonds. The number of hydrogen-bond donors (Lipinski definition) is 6. The predicted octanol–water partition coefficient (Wildman–Crippen LogP) is 10.7. The van der Waals surface area contributed by atoms with E-state index in [0.29, 0.717) is 11.1 Å². The zero-order chi connectivity index (χ0) is 45.8. The van der Waals surface area contributed by atoms with Crippen molar-refractivity contribution in [2.75, 3.05) is 0 Å². The van der Waals surface area contributed by atoms with E-state index in [-0.39, 0.29) is 74.8 Å². The number of aromatic hydroxyl groups is 6. The topological polar surface area (TPSA) is 149 Å². The zero-order valence-electron chi connectivity index (χ0n) is 37.7. The molecular formula is C54H55BO9. The van der Waals surface area contributed by atoms with Crippen LogP contribution in [0.5, 0.6) is 51.7 Å². The molecule has 0 saturated carbocycles.